The van der Waals surface area contributed by atoms with Crippen molar-refractivity contribution in [3.8, 4) is 5.75 Å². The van der Waals surface area contributed by atoms with Crippen molar-refractivity contribution in [1.29, 1.82) is 0 Å². The van der Waals surface area contributed by atoms with Gasteiger partial charge in [0, 0.05) is 6.54 Å². The zero-order valence-electron chi connectivity index (χ0n) is 11.9. The molecule has 0 spiro atoms. The second-order valence-corrected chi connectivity index (χ2v) is 4.64. The van der Waals surface area contributed by atoms with Gasteiger partial charge in [0.1, 0.15) is 11.6 Å². The maximum absolute atomic E-state index is 12.8. The van der Waals surface area contributed by atoms with Crippen LogP contribution in [-0.4, -0.2) is 13.1 Å². The average Bonchev–Trinajstić information content (AvgIpc) is 2.48. The van der Waals surface area contributed by atoms with Crippen LogP contribution in [0.3, 0.4) is 0 Å². The Morgan fingerprint density at radius 1 is 1.19 bits per heavy atom. The SMILES string of the molecule is COc1cc(C)ccc1NC(=O)NCc1ccc(F)cc1. The number of aryl methyl sites for hydroxylation is 1. The fourth-order valence-corrected chi connectivity index (χ4v) is 1.85. The molecule has 0 saturated carbocycles. The summed E-state index contributed by atoms with van der Waals surface area (Å²) in [4.78, 5) is 11.9. The van der Waals surface area contributed by atoms with Crippen molar-refractivity contribution >= 4 is 11.7 Å². The highest BCUT2D eigenvalue weighted by Crippen LogP contribution is 2.25. The summed E-state index contributed by atoms with van der Waals surface area (Å²) in [6.45, 7) is 2.27. The number of halogens is 1. The summed E-state index contributed by atoms with van der Waals surface area (Å²) in [6, 6.07) is 11.1. The molecule has 0 fully saturated rings. The molecule has 2 rings (SSSR count). The number of carbonyl (C=O) groups excluding carboxylic acids is 1. The molecule has 0 aliphatic rings. The number of amides is 2. The van der Waals surface area contributed by atoms with Crippen LogP contribution in [0.4, 0.5) is 14.9 Å². The summed E-state index contributed by atoms with van der Waals surface area (Å²) >= 11 is 0. The van der Waals surface area contributed by atoms with Gasteiger partial charge < -0.3 is 15.4 Å². The van der Waals surface area contributed by atoms with Gasteiger partial charge in [0.15, 0.2) is 0 Å². The molecule has 4 nitrogen and oxygen atoms in total. The molecule has 0 aliphatic carbocycles. The summed E-state index contributed by atoms with van der Waals surface area (Å²) in [5.41, 5.74) is 2.46. The Hall–Kier alpha value is -2.56. The van der Waals surface area contributed by atoms with Crippen molar-refractivity contribution in [2.45, 2.75) is 13.5 Å². The van der Waals surface area contributed by atoms with E-state index < -0.39 is 0 Å². The minimum absolute atomic E-state index is 0.299. The van der Waals surface area contributed by atoms with Gasteiger partial charge in [-0.15, -0.1) is 0 Å². The first-order valence-corrected chi connectivity index (χ1v) is 6.52. The van der Waals surface area contributed by atoms with Crippen LogP contribution in [0.2, 0.25) is 0 Å². The Balaban J connectivity index is 1.94. The Labute approximate surface area is 122 Å². The second kappa shape index (κ2) is 6.74. The zero-order valence-corrected chi connectivity index (χ0v) is 11.9. The van der Waals surface area contributed by atoms with E-state index in [0.29, 0.717) is 18.0 Å². The fraction of sp³-hybridized carbons (Fsp3) is 0.188. The summed E-state index contributed by atoms with van der Waals surface area (Å²) in [7, 11) is 1.55. The van der Waals surface area contributed by atoms with Crippen molar-refractivity contribution in [2.75, 3.05) is 12.4 Å². The zero-order chi connectivity index (χ0) is 15.2. The van der Waals surface area contributed by atoms with E-state index in [1.54, 1.807) is 25.3 Å². The van der Waals surface area contributed by atoms with Gasteiger partial charge in [0.25, 0.3) is 0 Å². The van der Waals surface area contributed by atoms with E-state index in [9.17, 15) is 9.18 Å². The molecule has 0 radical (unpaired) electrons. The van der Waals surface area contributed by atoms with Crippen molar-refractivity contribution < 1.29 is 13.9 Å². The largest absolute Gasteiger partial charge is 0.495 e. The number of hydrogen-bond acceptors (Lipinski definition) is 2. The maximum Gasteiger partial charge on any atom is 0.319 e. The molecule has 110 valence electrons. The average molecular weight is 288 g/mol. The Bertz CT molecular complexity index is 627. The lowest BCUT2D eigenvalue weighted by atomic mass is 10.2. The van der Waals surface area contributed by atoms with Gasteiger partial charge in [-0.05, 0) is 42.3 Å². The lowest BCUT2D eigenvalue weighted by molar-refractivity contribution is 0.251. The minimum Gasteiger partial charge on any atom is -0.495 e. The fourth-order valence-electron chi connectivity index (χ4n) is 1.85. The third-order valence-electron chi connectivity index (χ3n) is 2.97. The van der Waals surface area contributed by atoms with Crippen LogP contribution in [0.5, 0.6) is 5.75 Å². The van der Waals surface area contributed by atoms with Gasteiger partial charge in [-0.25, -0.2) is 9.18 Å². The smallest absolute Gasteiger partial charge is 0.319 e. The number of carbonyl (C=O) groups is 1. The Morgan fingerprint density at radius 3 is 2.57 bits per heavy atom. The van der Waals surface area contributed by atoms with Crippen molar-refractivity contribution in [3.63, 3.8) is 0 Å². The molecule has 0 aliphatic heterocycles. The first kappa shape index (κ1) is 14.8. The molecule has 2 amide bonds. The highest BCUT2D eigenvalue weighted by Gasteiger charge is 2.07. The number of anilines is 1. The number of ether oxygens (including phenoxy) is 1. The molecule has 0 aromatic heterocycles. The monoisotopic (exact) mass is 288 g/mol. The highest BCUT2D eigenvalue weighted by molar-refractivity contribution is 5.90. The van der Waals surface area contributed by atoms with Gasteiger partial charge in [-0.2, -0.15) is 0 Å². The van der Waals surface area contributed by atoms with Gasteiger partial charge in [-0.3, -0.25) is 0 Å². The summed E-state index contributed by atoms with van der Waals surface area (Å²) in [5, 5.41) is 5.43. The third-order valence-corrected chi connectivity index (χ3v) is 2.97. The van der Waals surface area contributed by atoms with Gasteiger partial charge in [0.2, 0.25) is 0 Å². The number of nitrogens with one attached hydrogen (secondary N) is 2. The van der Waals surface area contributed by atoms with Gasteiger partial charge in [-0.1, -0.05) is 18.2 Å². The third kappa shape index (κ3) is 4.21. The summed E-state index contributed by atoms with van der Waals surface area (Å²) in [5.74, 6) is 0.305. The van der Waals surface area contributed by atoms with Gasteiger partial charge >= 0.3 is 6.03 Å². The molecule has 2 aromatic carbocycles. The molecular weight excluding hydrogens is 271 g/mol. The number of urea groups is 1. The quantitative estimate of drug-likeness (QED) is 0.905. The predicted octanol–water partition coefficient (Wildman–Crippen LogP) is 3.46. The van der Waals surface area contributed by atoms with Gasteiger partial charge in [0.05, 0.1) is 12.8 Å². The highest BCUT2D eigenvalue weighted by atomic mass is 19.1. The lowest BCUT2D eigenvalue weighted by Gasteiger charge is -2.12. The van der Waals surface area contributed by atoms with Crippen molar-refractivity contribution in [1.82, 2.24) is 5.32 Å². The normalized spacial score (nSPS) is 10.0. The Morgan fingerprint density at radius 2 is 1.90 bits per heavy atom. The molecule has 0 heterocycles. The first-order chi connectivity index (χ1) is 10.1. The van der Waals surface area contributed by atoms with Crippen LogP contribution < -0.4 is 15.4 Å². The molecule has 0 atom stereocenters. The summed E-state index contributed by atoms with van der Waals surface area (Å²) in [6.07, 6.45) is 0. The number of methoxy groups -OCH3 is 1. The topological polar surface area (TPSA) is 50.4 Å². The van der Waals surface area contributed by atoms with E-state index in [-0.39, 0.29) is 11.8 Å². The number of benzene rings is 2. The molecule has 2 N–H and O–H groups in total. The summed E-state index contributed by atoms with van der Waals surface area (Å²) < 4.78 is 18.0. The first-order valence-electron chi connectivity index (χ1n) is 6.52. The molecule has 0 bridgehead atoms. The Kier molecular flexibility index (Phi) is 4.77. The molecule has 0 saturated heterocycles. The van der Waals surface area contributed by atoms with E-state index >= 15 is 0 Å². The van der Waals surface area contributed by atoms with Crippen molar-refractivity contribution in [3.05, 3.63) is 59.4 Å². The second-order valence-electron chi connectivity index (χ2n) is 4.64. The van der Waals surface area contributed by atoms with Crippen LogP contribution in [0, 0.1) is 12.7 Å². The number of rotatable bonds is 4. The van der Waals surface area contributed by atoms with Crippen LogP contribution in [-0.2, 0) is 6.54 Å². The molecule has 0 unspecified atom stereocenters. The lowest BCUT2D eigenvalue weighted by Crippen LogP contribution is -2.28. The van der Waals surface area contributed by atoms with E-state index in [0.717, 1.165) is 11.1 Å². The van der Waals surface area contributed by atoms with E-state index in [2.05, 4.69) is 10.6 Å². The van der Waals surface area contributed by atoms with E-state index in [4.69, 9.17) is 4.74 Å². The van der Waals surface area contributed by atoms with Crippen LogP contribution >= 0.6 is 0 Å². The van der Waals surface area contributed by atoms with E-state index in [1.165, 1.54) is 12.1 Å². The molecule has 21 heavy (non-hydrogen) atoms. The van der Waals surface area contributed by atoms with Crippen LogP contribution in [0.25, 0.3) is 0 Å². The molecular formula is C16H17FN2O2. The van der Waals surface area contributed by atoms with E-state index in [1.807, 2.05) is 19.1 Å². The molecule has 5 heteroatoms. The van der Waals surface area contributed by atoms with Crippen LogP contribution in [0.1, 0.15) is 11.1 Å². The minimum atomic E-state index is -0.346. The number of hydrogen-bond donors (Lipinski definition) is 2. The standard InChI is InChI=1S/C16H17FN2O2/c1-11-3-8-14(15(9-11)21-2)19-16(20)18-10-12-4-6-13(17)7-5-12/h3-9H,10H2,1-2H3,(H2,18,19,20). The molecule has 2 aromatic rings. The van der Waals surface area contributed by atoms with Crippen LogP contribution in [0.15, 0.2) is 42.5 Å². The maximum atomic E-state index is 12.8. The predicted molar refractivity (Wildman–Crippen MR) is 80.0 cm³/mol. The van der Waals surface area contributed by atoms with Crippen molar-refractivity contribution in [2.24, 2.45) is 0 Å².